The summed E-state index contributed by atoms with van der Waals surface area (Å²) in [4.78, 5) is 2.36. The maximum atomic E-state index is 10.1. The summed E-state index contributed by atoms with van der Waals surface area (Å²) in [6.07, 6.45) is 0. The molecule has 0 radical (unpaired) electrons. The van der Waals surface area contributed by atoms with Crippen LogP contribution in [-0.2, 0) is 4.86 Å². The van der Waals surface area contributed by atoms with Crippen LogP contribution in [0.4, 0.5) is 17.1 Å². The molecule has 56 valence electrons. The van der Waals surface area contributed by atoms with Gasteiger partial charge in [0.15, 0.2) is 0 Å². The Balaban J connectivity index is 0. The van der Waals surface area contributed by atoms with Crippen LogP contribution in [0.1, 0.15) is 0 Å². The Morgan fingerprint density at radius 1 is 1.22 bits per heavy atom. The van der Waals surface area contributed by atoms with Gasteiger partial charge in [0.2, 0.25) is 0 Å². The van der Waals surface area contributed by atoms with Crippen LogP contribution in [-0.4, -0.2) is 17.4 Å². The molecule has 0 spiro atoms. The summed E-state index contributed by atoms with van der Waals surface area (Å²) < 4.78 is 39.3. The third-order valence-corrected chi connectivity index (χ3v) is 0.0797. The third kappa shape index (κ3) is 68.5. The molecule has 9 heteroatoms. The van der Waals surface area contributed by atoms with E-state index in [-0.39, 0.29) is 0 Å². The summed E-state index contributed by atoms with van der Waals surface area (Å²) >= 11 is 0. The fourth-order valence-corrected chi connectivity index (χ4v) is 0. The molecular formula is H2BF4O3P. The molecule has 0 amide bonds. The number of hydrogen-bond donors (Lipinski definition) is 2. The highest BCUT2D eigenvalue weighted by Crippen LogP contribution is 2.39. The highest BCUT2D eigenvalue weighted by atomic mass is 31.2. The van der Waals surface area contributed by atoms with Crippen LogP contribution >= 0.6 is 8.85 Å². The van der Waals surface area contributed by atoms with Gasteiger partial charge in [0.25, 0.3) is 0 Å². The van der Waals surface area contributed by atoms with Crippen molar-refractivity contribution in [1.29, 1.82) is 0 Å². The second-order valence-corrected chi connectivity index (χ2v) is 0.990. The van der Waals surface area contributed by atoms with E-state index in [9.17, 15) is 17.1 Å². The zero-order valence-electron chi connectivity index (χ0n) is 3.84. The van der Waals surface area contributed by atoms with Gasteiger partial charge in [-0.1, -0.05) is 4.53 Å². The number of rotatable bonds is 1. The molecule has 0 aliphatic heterocycles. The van der Waals surface area contributed by atoms with E-state index in [1.807, 2.05) is 0 Å². The number of hydrogen-bond acceptors (Lipinski definition) is 3. The van der Waals surface area contributed by atoms with Gasteiger partial charge in [-0.25, -0.2) is 0 Å². The predicted molar refractivity (Wildman–Crippen MR) is 22.6 cm³/mol. The molecule has 0 aliphatic rings. The Kier molecular flexibility index (Phi) is 10.6. The Labute approximate surface area is 49.4 Å². The summed E-state index contributed by atoms with van der Waals surface area (Å²) in [5.41, 5.74) is 0. The SMILES string of the molecule is FP(F)F.OB(O)OF. The predicted octanol–water partition coefficient (Wildman–Crippen LogP) is 0.979. The van der Waals surface area contributed by atoms with E-state index < -0.39 is 16.2 Å². The van der Waals surface area contributed by atoms with Crippen molar-refractivity contribution in [1.82, 2.24) is 0 Å². The van der Waals surface area contributed by atoms with Crippen LogP contribution in [0.5, 0.6) is 0 Å². The van der Waals surface area contributed by atoms with Crippen molar-refractivity contribution in [3.8, 4) is 0 Å². The lowest BCUT2D eigenvalue weighted by molar-refractivity contribution is -0.0560. The van der Waals surface area contributed by atoms with Gasteiger partial charge in [-0.3, -0.25) is 0 Å². The van der Waals surface area contributed by atoms with Crippen molar-refractivity contribution in [2.24, 2.45) is 0 Å². The lowest BCUT2D eigenvalue weighted by atomic mass is 10.3. The molecule has 0 aromatic rings. The van der Waals surface area contributed by atoms with E-state index in [0.717, 1.165) is 0 Å². The molecule has 0 bridgehead atoms. The second kappa shape index (κ2) is 8.09. The van der Waals surface area contributed by atoms with Crippen molar-refractivity contribution in [2.75, 3.05) is 0 Å². The lowest BCUT2D eigenvalue weighted by Crippen LogP contribution is -2.10. The molecule has 0 unspecified atom stereocenters. The maximum absolute atomic E-state index is 10.1. The van der Waals surface area contributed by atoms with Crippen molar-refractivity contribution < 1.29 is 32.0 Å². The molecule has 0 aromatic carbocycles. The average Bonchev–Trinajstić information content (AvgIpc) is 1.65. The third-order valence-electron chi connectivity index (χ3n) is 0.0797. The first kappa shape index (κ1) is 11.8. The van der Waals surface area contributed by atoms with Gasteiger partial charge < -0.3 is 10.0 Å². The molecule has 0 fully saturated rings. The van der Waals surface area contributed by atoms with Gasteiger partial charge in [0.1, 0.15) is 0 Å². The molecule has 0 heterocycles. The maximum Gasteiger partial charge on any atom is 0.667 e. The Morgan fingerprint density at radius 3 is 1.33 bits per heavy atom. The van der Waals surface area contributed by atoms with Crippen LogP contribution in [0.15, 0.2) is 0 Å². The van der Waals surface area contributed by atoms with E-state index in [4.69, 9.17) is 10.0 Å². The minimum Gasteiger partial charge on any atom is -0.400 e. The van der Waals surface area contributed by atoms with Crippen LogP contribution < -0.4 is 0 Å². The molecule has 0 saturated heterocycles. The minimum atomic E-state index is -4.12. The van der Waals surface area contributed by atoms with Gasteiger partial charge in [-0.05, 0) is 0 Å². The largest absolute Gasteiger partial charge is 0.667 e. The van der Waals surface area contributed by atoms with Crippen LogP contribution in [0.25, 0.3) is 0 Å². The van der Waals surface area contributed by atoms with E-state index in [0.29, 0.717) is 0 Å². The molecule has 2 N–H and O–H groups in total. The van der Waals surface area contributed by atoms with E-state index in [1.165, 1.54) is 0 Å². The number of halogens is 4. The fraction of sp³-hybridized carbons (Fsp3) is 0. The topological polar surface area (TPSA) is 49.7 Å². The lowest BCUT2D eigenvalue weighted by Gasteiger charge is -1.78. The molecule has 9 heavy (non-hydrogen) atoms. The summed E-state index contributed by atoms with van der Waals surface area (Å²) in [5, 5.41) is 14.6. The van der Waals surface area contributed by atoms with Crippen LogP contribution in [0.3, 0.4) is 0 Å². The molecule has 0 rings (SSSR count). The minimum absolute atomic E-state index is 2.28. The van der Waals surface area contributed by atoms with Gasteiger partial charge in [-0.15, -0.1) is 0 Å². The molecule has 3 nitrogen and oxygen atoms in total. The first-order valence-electron chi connectivity index (χ1n) is 1.41. The fourth-order valence-electron chi connectivity index (χ4n) is 0. The molecule has 0 aromatic heterocycles. The van der Waals surface area contributed by atoms with Gasteiger partial charge in [-0.2, -0.15) is 17.4 Å². The molecular weight excluding hydrogens is 166 g/mol. The first-order valence-corrected chi connectivity index (χ1v) is 2.43. The normalized spacial score (nSPS) is 8.33. The van der Waals surface area contributed by atoms with Gasteiger partial charge >= 0.3 is 16.2 Å². The Bertz CT molecular complexity index is 48.3. The van der Waals surface area contributed by atoms with Crippen molar-refractivity contribution in [3.05, 3.63) is 0 Å². The second-order valence-electron chi connectivity index (χ2n) is 0.607. The summed E-state index contributed by atoms with van der Waals surface area (Å²) in [6.45, 7) is 0. The van der Waals surface area contributed by atoms with Crippen LogP contribution in [0.2, 0.25) is 0 Å². The quantitative estimate of drug-likeness (QED) is 0.348. The summed E-state index contributed by atoms with van der Waals surface area (Å²) in [6, 6.07) is 0. The zero-order valence-corrected chi connectivity index (χ0v) is 4.73. The zero-order chi connectivity index (χ0) is 7.86. The van der Waals surface area contributed by atoms with E-state index in [2.05, 4.69) is 4.86 Å². The monoisotopic (exact) mass is 168 g/mol. The molecule has 0 atom stereocenters. The first-order chi connectivity index (χ1) is 4.00. The highest BCUT2D eigenvalue weighted by molar-refractivity contribution is 7.40. The van der Waals surface area contributed by atoms with Gasteiger partial charge in [0, 0.05) is 0 Å². The van der Waals surface area contributed by atoms with Crippen molar-refractivity contribution in [2.45, 2.75) is 0 Å². The van der Waals surface area contributed by atoms with Crippen molar-refractivity contribution in [3.63, 3.8) is 0 Å². The Hall–Kier alpha value is 0.0949. The van der Waals surface area contributed by atoms with E-state index >= 15 is 0 Å². The molecule has 0 saturated carbocycles. The standard InChI is InChI=1S/BFH2O3.F3P/c2-5-1(3)4;1-4(2)3/h3-4H;. The summed E-state index contributed by atoms with van der Waals surface area (Å²) in [5.74, 6) is 0. The van der Waals surface area contributed by atoms with Crippen molar-refractivity contribution >= 4 is 16.2 Å². The van der Waals surface area contributed by atoms with Gasteiger partial charge in [0.05, 0.1) is 0 Å². The average molecular weight is 168 g/mol. The molecule has 0 aliphatic carbocycles. The van der Waals surface area contributed by atoms with E-state index in [1.54, 1.807) is 0 Å². The Morgan fingerprint density at radius 2 is 1.33 bits per heavy atom. The summed E-state index contributed by atoms with van der Waals surface area (Å²) in [7, 11) is -6.40. The van der Waals surface area contributed by atoms with Crippen LogP contribution in [0, 0.1) is 0 Å². The highest BCUT2D eigenvalue weighted by Gasteiger charge is 2.05. The smallest absolute Gasteiger partial charge is 0.400 e.